The number of nitrogens with one attached hydrogen (secondary N) is 1. The van der Waals surface area contributed by atoms with Crippen LogP contribution in [0.1, 0.15) is 43.6 Å². The lowest BCUT2D eigenvalue weighted by atomic mass is 9.73. The number of amides is 1. The summed E-state index contributed by atoms with van der Waals surface area (Å²) in [6.45, 7) is 2.79. The fourth-order valence-corrected chi connectivity index (χ4v) is 2.69. The molecule has 1 aliphatic rings. The Bertz CT molecular complexity index is 406. The molecule has 2 rings (SSSR count). The van der Waals surface area contributed by atoms with E-state index in [0.717, 1.165) is 37.2 Å². The van der Waals surface area contributed by atoms with Crippen molar-refractivity contribution in [3.63, 3.8) is 0 Å². The lowest BCUT2D eigenvalue weighted by molar-refractivity contribution is -0.132. The van der Waals surface area contributed by atoms with Crippen molar-refractivity contribution in [2.45, 2.75) is 45.6 Å². The number of nitrogens with two attached hydrogens (primary N) is 1. The molecule has 1 saturated carbocycles. The molecule has 1 aliphatic carbocycles. The van der Waals surface area contributed by atoms with Gasteiger partial charge in [-0.3, -0.25) is 4.79 Å². The van der Waals surface area contributed by atoms with E-state index in [-0.39, 0.29) is 11.3 Å². The zero-order chi connectivity index (χ0) is 13.0. The Labute approximate surface area is 108 Å². The predicted octanol–water partition coefficient (Wildman–Crippen LogP) is 2.11. The molecule has 0 spiro atoms. The van der Waals surface area contributed by atoms with Gasteiger partial charge in [0.25, 0.3) is 0 Å². The third kappa shape index (κ3) is 2.75. The van der Waals surface area contributed by atoms with Gasteiger partial charge in [0.2, 0.25) is 5.91 Å². The molecule has 0 aromatic carbocycles. The standard InChI is InChI=1S/C14H22N2O2/c1-11-5-6-12(18-11)9-16-13(17)14(10-15)7-3-2-4-8-14/h5-6H,2-4,7-10,15H2,1H3,(H,16,17). The molecular weight excluding hydrogens is 228 g/mol. The monoisotopic (exact) mass is 250 g/mol. The van der Waals surface area contributed by atoms with Crippen LogP contribution in [0.3, 0.4) is 0 Å². The molecule has 0 radical (unpaired) electrons. The van der Waals surface area contributed by atoms with E-state index in [4.69, 9.17) is 10.2 Å². The maximum absolute atomic E-state index is 12.3. The van der Waals surface area contributed by atoms with Crippen molar-refractivity contribution in [2.75, 3.05) is 6.54 Å². The van der Waals surface area contributed by atoms with Gasteiger partial charge in [-0.05, 0) is 31.9 Å². The Balaban J connectivity index is 1.93. The van der Waals surface area contributed by atoms with Gasteiger partial charge in [0.05, 0.1) is 12.0 Å². The molecule has 18 heavy (non-hydrogen) atoms. The average Bonchev–Trinajstić information content (AvgIpc) is 2.82. The highest BCUT2D eigenvalue weighted by molar-refractivity contribution is 5.82. The van der Waals surface area contributed by atoms with E-state index in [1.807, 2.05) is 19.1 Å². The molecule has 0 unspecified atom stereocenters. The highest BCUT2D eigenvalue weighted by atomic mass is 16.3. The molecular formula is C14H22N2O2. The maximum Gasteiger partial charge on any atom is 0.227 e. The van der Waals surface area contributed by atoms with Gasteiger partial charge in [-0.15, -0.1) is 0 Å². The van der Waals surface area contributed by atoms with Crippen LogP contribution in [0.4, 0.5) is 0 Å². The number of carbonyl (C=O) groups is 1. The second kappa shape index (κ2) is 5.57. The highest BCUT2D eigenvalue weighted by Gasteiger charge is 2.37. The zero-order valence-electron chi connectivity index (χ0n) is 11.0. The molecule has 1 aromatic rings. The Morgan fingerprint density at radius 1 is 1.39 bits per heavy atom. The largest absolute Gasteiger partial charge is 0.465 e. The van der Waals surface area contributed by atoms with Crippen LogP contribution in [-0.4, -0.2) is 12.5 Å². The lowest BCUT2D eigenvalue weighted by Gasteiger charge is -2.34. The lowest BCUT2D eigenvalue weighted by Crippen LogP contribution is -2.46. The van der Waals surface area contributed by atoms with E-state index in [2.05, 4.69) is 5.32 Å². The van der Waals surface area contributed by atoms with Gasteiger partial charge < -0.3 is 15.5 Å². The third-order valence-corrected chi connectivity index (χ3v) is 3.90. The Hall–Kier alpha value is -1.29. The van der Waals surface area contributed by atoms with Gasteiger partial charge in [-0.25, -0.2) is 0 Å². The maximum atomic E-state index is 12.3. The van der Waals surface area contributed by atoms with Gasteiger partial charge in [-0.2, -0.15) is 0 Å². The summed E-state index contributed by atoms with van der Waals surface area (Å²) >= 11 is 0. The number of furan rings is 1. The SMILES string of the molecule is Cc1ccc(CNC(=O)C2(CN)CCCCC2)o1. The number of hydrogen-bond acceptors (Lipinski definition) is 3. The van der Waals surface area contributed by atoms with E-state index in [0.29, 0.717) is 13.1 Å². The zero-order valence-corrected chi connectivity index (χ0v) is 11.0. The second-order valence-electron chi connectivity index (χ2n) is 5.24. The molecule has 4 heteroatoms. The van der Waals surface area contributed by atoms with Gasteiger partial charge >= 0.3 is 0 Å². The molecule has 0 bridgehead atoms. The van der Waals surface area contributed by atoms with Gasteiger partial charge in [0.15, 0.2) is 0 Å². The Morgan fingerprint density at radius 2 is 2.11 bits per heavy atom. The number of aryl methyl sites for hydroxylation is 1. The molecule has 0 saturated heterocycles. The summed E-state index contributed by atoms with van der Waals surface area (Å²) < 4.78 is 5.44. The van der Waals surface area contributed by atoms with Crippen molar-refractivity contribution in [3.8, 4) is 0 Å². The number of rotatable bonds is 4. The van der Waals surface area contributed by atoms with E-state index in [9.17, 15) is 4.79 Å². The van der Waals surface area contributed by atoms with Gasteiger partial charge in [0.1, 0.15) is 11.5 Å². The summed E-state index contributed by atoms with van der Waals surface area (Å²) in [5.74, 6) is 1.74. The average molecular weight is 250 g/mol. The predicted molar refractivity (Wildman–Crippen MR) is 69.9 cm³/mol. The highest BCUT2D eigenvalue weighted by Crippen LogP contribution is 2.35. The smallest absolute Gasteiger partial charge is 0.227 e. The minimum atomic E-state index is -0.347. The summed E-state index contributed by atoms with van der Waals surface area (Å²) in [5.41, 5.74) is 5.48. The van der Waals surface area contributed by atoms with Crippen molar-refractivity contribution < 1.29 is 9.21 Å². The van der Waals surface area contributed by atoms with E-state index < -0.39 is 0 Å². The van der Waals surface area contributed by atoms with Crippen LogP contribution < -0.4 is 11.1 Å². The van der Waals surface area contributed by atoms with Crippen LogP contribution in [0.25, 0.3) is 0 Å². The van der Waals surface area contributed by atoms with E-state index in [1.165, 1.54) is 6.42 Å². The van der Waals surface area contributed by atoms with Crippen molar-refractivity contribution in [1.29, 1.82) is 0 Å². The number of hydrogen-bond donors (Lipinski definition) is 2. The summed E-state index contributed by atoms with van der Waals surface area (Å²) in [6.07, 6.45) is 5.24. The quantitative estimate of drug-likeness (QED) is 0.860. The van der Waals surface area contributed by atoms with E-state index >= 15 is 0 Å². The molecule has 0 aliphatic heterocycles. The first-order valence-electron chi connectivity index (χ1n) is 6.70. The van der Waals surface area contributed by atoms with Crippen LogP contribution >= 0.6 is 0 Å². The van der Waals surface area contributed by atoms with Crippen LogP contribution in [0.15, 0.2) is 16.5 Å². The van der Waals surface area contributed by atoms with Gasteiger partial charge in [0, 0.05) is 6.54 Å². The van der Waals surface area contributed by atoms with Crippen LogP contribution in [0.2, 0.25) is 0 Å². The molecule has 4 nitrogen and oxygen atoms in total. The molecule has 3 N–H and O–H groups in total. The van der Waals surface area contributed by atoms with Crippen molar-refractivity contribution in [2.24, 2.45) is 11.1 Å². The van der Waals surface area contributed by atoms with Crippen molar-refractivity contribution in [3.05, 3.63) is 23.7 Å². The van der Waals surface area contributed by atoms with Crippen molar-refractivity contribution in [1.82, 2.24) is 5.32 Å². The third-order valence-electron chi connectivity index (χ3n) is 3.90. The van der Waals surface area contributed by atoms with Crippen LogP contribution in [0.5, 0.6) is 0 Å². The summed E-state index contributed by atoms with van der Waals surface area (Å²) in [4.78, 5) is 12.3. The minimum absolute atomic E-state index is 0.0822. The van der Waals surface area contributed by atoms with Crippen LogP contribution in [-0.2, 0) is 11.3 Å². The fourth-order valence-electron chi connectivity index (χ4n) is 2.69. The topological polar surface area (TPSA) is 68.3 Å². The minimum Gasteiger partial charge on any atom is -0.465 e. The summed E-state index contributed by atoms with van der Waals surface area (Å²) in [5, 5.41) is 2.96. The molecule has 0 atom stereocenters. The van der Waals surface area contributed by atoms with E-state index in [1.54, 1.807) is 0 Å². The first kappa shape index (κ1) is 13.1. The first-order valence-corrected chi connectivity index (χ1v) is 6.70. The summed E-state index contributed by atoms with van der Waals surface area (Å²) in [6, 6.07) is 3.80. The molecule has 100 valence electrons. The second-order valence-corrected chi connectivity index (χ2v) is 5.24. The Kier molecular flexibility index (Phi) is 4.07. The summed E-state index contributed by atoms with van der Waals surface area (Å²) in [7, 11) is 0. The molecule has 1 heterocycles. The molecule has 1 fully saturated rings. The first-order chi connectivity index (χ1) is 8.66. The normalized spacial score (nSPS) is 18.6. The fraction of sp³-hybridized carbons (Fsp3) is 0.643. The van der Waals surface area contributed by atoms with Gasteiger partial charge in [-0.1, -0.05) is 19.3 Å². The molecule has 1 amide bonds. The Morgan fingerprint density at radius 3 is 2.67 bits per heavy atom. The molecule has 1 aromatic heterocycles. The van der Waals surface area contributed by atoms with Crippen LogP contribution in [0, 0.1) is 12.3 Å². The number of carbonyl (C=O) groups excluding carboxylic acids is 1. The van der Waals surface area contributed by atoms with Crippen molar-refractivity contribution >= 4 is 5.91 Å².